The molecule has 23 heavy (non-hydrogen) atoms. The third-order valence-corrected chi connectivity index (χ3v) is 4.33. The van der Waals surface area contributed by atoms with Crippen LogP contribution >= 0.6 is 0 Å². The zero-order valence-corrected chi connectivity index (χ0v) is 13.3. The number of likely N-dealkylation sites (tertiary alicyclic amines) is 1. The van der Waals surface area contributed by atoms with Crippen molar-refractivity contribution in [3.05, 3.63) is 59.7 Å². The van der Waals surface area contributed by atoms with Gasteiger partial charge in [-0.2, -0.15) is 0 Å². The van der Waals surface area contributed by atoms with Gasteiger partial charge in [-0.1, -0.05) is 36.4 Å². The molecule has 1 fully saturated rings. The molecule has 1 saturated heterocycles. The van der Waals surface area contributed by atoms with Crippen molar-refractivity contribution in [3.8, 4) is 5.75 Å². The number of amides is 1. The number of nitrogens with zero attached hydrogens (tertiary/aromatic N) is 1. The van der Waals surface area contributed by atoms with Crippen molar-refractivity contribution in [1.82, 2.24) is 4.90 Å². The highest BCUT2D eigenvalue weighted by Gasteiger charge is 2.26. The average molecular weight is 310 g/mol. The van der Waals surface area contributed by atoms with E-state index < -0.39 is 0 Å². The van der Waals surface area contributed by atoms with Crippen LogP contribution in [0.4, 0.5) is 5.69 Å². The lowest BCUT2D eigenvalue weighted by molar-refractivity contribution is -0.119. The van der Waals surface area contributed by atoms with Crippen LogP contribution in [0.3, 0.4) is 0 Å². The monoisotopic (exact) mass is 310 g/mol. The average Bonchev–Trinajstić information content (AvgIpc) is 2.98. The molecule has 1 amide bonds. The molecule has 0 aliphatic carbocycles. The first-order chi connectivity index (χ1) is 11.1. The summed E-state index contributed by atoms with van der Waals surface area (Å²) in [5, 5.41) is 12.9. The van der Waals surface area contributed by atoms with Gasteiger partial charge in [0, 0.05) is 6.54 Å². The molecule has 4 heteroatoms. The number of carbonyl (C=O) groups is 1. The topological polar surface area (TPSA) is 52.6 Å². The molecule has 0 bridgehead atoms. The van der Waals surface area contributed by atoms with E-state index in [1.165, 1.54) is 5.56 Å². The number of hydrogen-bond donors (Lipinski definition) is 2. The summed E-state index contributed by atoms with van der Waals surface area (Å²) in [7, 11) is 2.02. The molecule has 1 atom stereocenters. The molecule has 2 aromatic carbocycles. The first kappa shape index (κ1) is 15.6. The quantitative estimate of drug-likeness (QED) is 0.854. The fourth-order valence-electron chi connectivity index (χ4n) is 3.01. The zero-order chi connectivity index (χ0) is 16.2. The zero-order valence-electron chi connectivity index (χ0n) is 13.3. The highest BCUT2D eigenvalue weighted by Crippen LogP contribution is 2.27. The van der Waals surface area contributed by atoms with Crippen LogP contribution in [0.1, 0.15) is 17.5 Å². The maximum absolute atomic E-state index is 12.3. The number of carbonyl (C=O) groups excluding carboxylic acids is 1. The van der Waals surface area contributed by atoms with Crippen LogP contribution in [0.25, 0.3) is 0 Å². The van der Waals surface area contributed by atoms with E-state index in [0.29, 0.717) is 5.69 Å². The maximum atomic E-state index is 12.3. The van der Waals surface area contributed by atoms with E-state index in [1.54, 1.807) is 6.07 Å². The molecule has 0 aromatic heterocycles. The van der Waals surface area contributed by atoms with E-state index in [-0.39, 0.29) is 17.6 Å². The molecular weight excluding hydrogens is 288 g/mol. The number of benzene rings is 2. The van der Waals surface area contributed by atoms with Crippen molar-refractivity contribution in [3.63, 3.8) is 0 Å². The minimum absolute atomic E-state index is 0.00261. The number of anilines is 1. The molecule has 1 heterocycles. The van der Waals surface area contributed by atoms with Crippen LogP contribution < -0.4 is 5.32 Å². The van der Waals surface area contributed by atoms with Crippen molar-refractivity contribution < 1.29 is 9.90 Å². The summed E-state index contributed by atoms with van der Waals surface area (Å²) in [6.45, 7) is 1.72. The summed E-state index contributed by atoms with van der Waals surface area (Å²) >= 11 is 0. The van der Waals surface area contributed by atoms with Crippen LogP contribution in [-0.4, -0.2) is 36.1 Å². The Morgan fingerprint density at radius 2 is 2.00 bits per heavy atom. The molecule has 2 aromatic rings. The van der Waals surface area contributed by atoms with Crippen LogP contribution in [0.5, 0.6) is 5.75 Å². The Morgan fingerprint density at radius 1 is 1.22 bits per heavy atom. The van der Waals surface area contributed by atoms with E-state index >= 15 is 0 Å². The van der Waals surface area contributed by atoms with Gasteiger partial charge in [-0.25, -0.2) is 0 Å². The molecule has 0 saturated carbocycles. The second-order valence-corrected chi connectivity index (χ2v) is 6.25. The normalized spacial score (nSPS) is 18.0. The Labute approximate surface area is 136 Å². The smallest absolute Gasteiger partial charge is 0.228 e. The molecule has 4 nitrogen and oxygen atoms in total. The Hall–Kier alpha value is -2.33. The lowest BCUT2D eigenvalue weighted by Crippen LogP contribution is -2.25. The molecule has 1 unspecified atom stereocenters. The van der Waals surface area contributed by atoms with E-state index in [9.17, 15) is 9.90 Å². The molecule has 0 radical (unpaired) electrons. The Kier molecular flexibility index (Phi) is 4.63. The lowest BCUT2D eigenvalue weighted by Gasteiger charge is -2.13. The molecule has 1 aliphatic heterocycles. The molecule has 3 rings (SSSR count). The first-order valence-corrected chi connectivity index (χ1v) is 7.97. The van der Waals surface area contributed by atoms with E-state index in [2.05, 4.69) is 22.3 Å². The van der Waals surface area contributed by atoms with Gasteiger partial charge in [0.15, 0.2) is 0 Å². The number of phenols is 1. The van der Waals surface area contributed by atoms with Gasteiger partial charge < -0.3 is 15.3 Å². The molecule has 0 spiro atoms. The Morgan fingerprint density at radius 3 is 2.70 bits per heavy atom. The SMILES string of the molecule is CN1CCC(C(=O)Nc2cc(Cc3ccccc3)ccc2O)C1. The molecular formula is C19H22N2O2. The second-order valence-electron chi connectivity index (χ2n) is 6.25. The highest BCUT2D eigenvalue weighted by atomic mass is 16.3. The largest absolute Gasteiger partial charge is 0.506 e. The molecule has 120 valence electrons. The number of nitrogens with one attached hydrogen (secondary N) is 1. The first-order valence-electron chi connectivity index (χ1n) is 7.97. The fraction of sp³-hybridized carbons (Fsp3) is 0.316. The van der Waals surface area contributed by atoms with Gasteiger partial charge in [-0.3, -0.25) is 4.79 Å². The van der Waals surface area contributed by atoms with E-state index in [4.69, 9.17) is 0 Å². The minimum Gasteiger partial charge on any atom is -0.506 e. The lowest BCUT2D eigenvalue weighted by atomic mass is 10.0. The van der Waals surface area contributed by atoms with E-state index in [1.807, 2.05) is 37.4 Å². The van der Waals surface area contributed by atoms with Crippen molar-refractivity contribution in [2.75, 3.05) is 25.5 Å². The van der Waals surface area contributed by atoms with Gasteiger partial charge in [-0.15, -0.1) is 0 Å². The highest BCUT2D eigenvalue weighted by molar-refractivity contribution is 5.94. The number of phenolic OH excluding ortho intramolecular Hbond substituents is 1. The second kappa shape index (κ2) is 6.84. The van der Waals surface area contributed by atoms with Gasteiger partial charge in [-0.05, 0) is 49.7 Å². The molecule has 2 N–H and O–H groups in total. The third-order valence-electron chi connectivity index (χ3n) is 4.33. The Balaban J connectivity index is 1.71. The van der Waals surface area contributed by atoms with Crippen molar-refractivity contribution >= 4 is 11.6 Å². The Bertz CT molecular complexity index is 685. The fourth-order valence-corrected chi connectivity index (χ4v) is 3.01. The van der Waals surface area contributed by atoms with Crippen molar-refractivity contribution in [1.29, 1.82) is 0 Å². The summed E-state index contributed by atoms with van der Waals surface area (Å²) in [6, 6.07) is 15.5. The van der Waals surface area contributed by atoms with Gasteiger partial charge >= 0.3 is 0 Å². The van der Waals surface area contributed by atoms with Crippen molar-refractivity contribution in [2.24, 2.45) is 5.92 Å². The number of rotatable bonds is 4. The van der Waals surface area contributed by atoms with Crippen LogP contribution in [-0.2, 0) is 11.2 Å². The van der Waals surface area contributed by atoms with Crippen molar-refractivity contribution in [2.45, 2.75) is 12.8 Å². The standard InChI is InChI=1S/C19H22N2O2/c1-21-10-9-16(13-21)19(23)20-17-12-15(7-8-18(17)22)11-14-5-3-2-4-6-14/h2-8,12,16,22H,9-11,13H2,1H3,(H,20,23). The minimum atomic E-state index is -0.0125. The summed E-state index contributed by atoms with van der Waals surface area (Å²) in [5.74, 6) is 0.0974. The van der Waals surface area contributed by atoms with Gasteiger partial charge in [0.25, 0.3) is 0 Å². The number of hydrogen-bond acceptors (Lipinski definition) is 3. The van der Waals surface area contributed by atoms with Crippen LogP contribution in [0.15, 0.2) is 48.5 Å². The predicted molar refractivity (Wildman–Crippen MR) is 91.6 cm³/mol. The summed E-state index contributed by atoms with van der Waals surface area (Å²) < 4.78 is 0. The maximum Gasteiger partial charge on any atom is 0.228 e. The van der Waals surface area contributed by atoms with Crippen LogP contribution in [0, 0.1) is 5.92 Å². The molecule has 1 aliphatic rings. The number of aromatic hydroxyl groups is 1. The van der Waals surface area contributed by atoms with Gasteiger partial charge in [0.05, 0.1) is 11.6 Å². The van der Waals surface area contributed by atoms with E-state index in [0.717, 1.165) is 31.5 Å². The van der Waals surface area contributed by atoms with Gasteiger partial charge in [0.2, 0.25) is 5.91 Å². The summed E-state index contributed by atoms with van der Waals surface area (Å²) in [6.07, 6.45) is 1.64. The third kappa shape index (κ3) is 3.90. The van der Waals surface area contributed by atoms with Crippen LogP contribution in [0.2, 0.25) is 0 Å². The van der Waals surface area contributed by atoms with Gasteiger partial charge in [0.1, 0.15) is 5.75 Å². The predicted octanol–water partition coefficient (Wildman–Crippen LogP) is 2.87. The summed E-state index contributed by atoms with van der Waals surface area (Å²) in [4.78, 5) is 14.5. The summed E-state index contributed by atoms with van der Waals surface area (Å²) in [5.41, 5.74) is 2.76.